The predicted octanol–water partition coefficient (Wildman–Crippen LogP) is 1.72. The normalized spacial score (nSPS) is 18.0. The van der Waals surface area contributed by atoms with Crippen LogP contribution in [0.2, 0.25) is 0 Å². The van der Waals surface area contributed by atoms with Crippen molar-refractivity contribution in [3.05, 3.63) is 65.5 Å². The van der Waals surface area contributed by atoms with Gasteiger partial charge in [-0.05, 0) is 23.8 Å². The fourth-order valence-corrected chi connectivity index (χ4v) is 1.76. The van der Waals surface area contributed by atoms with E-state index in [1.54, 1.807) is 6.08 Å². The molecule has 0 amide bonds. The van der Waals surface area contributed by atoms with E-state index in [0.29, 0.717) is 0 Å². The van der Waals surface area contributed by atoms with Crippen LogP contribution < -0.4 is 0 Å². The van der Waals surface area contributed by atoms with Gasteiger partial charge in [0.1, 0.15) is 5.76 Å². The summed E-state index contributed by atoms with van der Waals surface area (Å²) in [7, 11) is 0. The Bertz CT molecular complexity index is 565. The maximum absolute atomic E-state index is 11.9. The number of hydrogen-bond donors (Lipinski definition) is 3. The van der Waals surface area contributed by atoms with E-state index in [4.69, 9.17) is 0 Å². The predicted molar refractivity (Wildman–Crippen MR) is 71.1 cm³/mol. The van der Waals surface area contributed by atoms with Gasteiger partial charge in [-0.3, -0.25) is 4.79 Å². The molecule has 0 fully saturated rings. The molecule has 0 atom stereocenters. The maximum Gasteiger partial charge on any atom is 0.190 e. The zero-order valence-electron chi connectivity index (χ0n) is 10.2. The highest BCUT2D eigenvalue weighted by Crippen LogP contribution is 2.24. The average molecular weight is 258 g/mol. The van der Waals surface area contributed by atoms with Gasteiger partial charge < -0.3 is 15.3 Å². The molecule has 0 unspecified atom stereocenters. The van der Waals surface area contributed by atoms with Crippen molar-refractivity contribution >= 4 is 11.9 Å². The van der Waals surface area contributed by atoms with Crippen molar-refractivity contribution in [2.45, 2.75) is 12.2 Å². The van der Waals surface area contributed by atoms with E-state index in [2.05, 4.69) is 0 Å². The van der Waals surface area contributed by atoms with Crippen molar-refractivity contribution in [2.24, 2.45) is 0 Å². The van der Waals surface area contributed by atoms with E-state index in [0.717, 1.165) is 11.6 Å². The molecule has 2 rings (SSSR count). The van der Waals surface area contributed by atoms with Crippen molar-refractivity contribution in [1.82, 2.24) is 0 Å². The van der Waals surface area contributed by atoms with Crippen molar-refractivity contribution in [1.29, 1.82) is 0 Å². The van der Waals surface area contributed by atoms with Crippen LogP contribution in [0.25, 0.3) is 6.08 Å². The number of ketones is 1. The van der Waals surface area contributed by atoms with E-state index in [1.165, 1.54) is 12.2 Å². The molecule has 1 aromatic carbocycles. The van der Waals surface area contributed by atoms with Gasteiger partial charge >= 0.3 is 0 Å². The summed E-state index contributed by atoms with van der Waals surface area (Å²) in [6, 6.07) is 9.28. The van der Waals surface area contributed by atoms with Gasteiger partial charge in [0, 0.05) is 0 Å². The molecule has 0 aliphatic heterocycles. The number of rotatable bonds is 3. The molecule has 1 aromatic rings. The summed E-state index contributed by atoms with van der Waals surface area (Å²) in [6.07, 6.45) is 4.89. The summed E-state index contributed by atoms with van der Waals surface area (Å²) in [4.78, 5) is 11.9. The van der Waals surface area contributed by atoms with Gasteiger partial charge in [0.2, 0.25) is 0 Å². The molecule has 4 heteroatoms. The van der Waals surface area contributed by atoms with Gasteiger partial charge in [0.05, 0.1) is 12.0 Å². The molecule has 0 aromatic heterocycles. The van der Waals surface area contributed by atoms with Crippen LogP contribution in [0.15, 0.2) is 59.9 Å². The monoisotopic (exact) mass is 258 g/mol. The third-order valence-electron chi connectivity index (χ3n) is 2.75. The van der Waals surface area contributed by atoms with Crippen LogP contribution in [-0.2, 0) is 4.79 Å². The second-order valence-electron chi connectivity index (χ2n) is 4.36. The first-order valence-electron chi connectivity index (χ1n) is 5.81. The fraction of sp³-hybridized carbons (Fsp3) is 0.133. The Morgan fingerprint density at radius 3 is 2.53 bits per heavy atom. The third-order valence-corrected chi connectivity index (χ3v) is 2.75. The SMILES string of the molecule is O=C(C=Cc1ccccc1)C1=C(O)CC(O)(O)C=C1. The first-order chi connectivity index (χ1) is 8.98. The number of benzene rings is 1. The number of aliphatic hydroxyl groups excluding tert-OH is 1. The summed E-state index contributed by atoms with van der Waals surface area (Å²) in [5, 5.41) is 28.2. The Kier molecular flexibility index (Phi) is 3.64. The Balaban J connectivity index is 2.14. The van der Waals surface area contributed by atoms with E-state index in [1.807, 2.05) is 30.3 Å². The fourth-order valence-electron chi connectivity index (χ4n) is 1.76. The Morgan fingerprint density at radius 1 is 1.21 bits per heavy atom. The van der Waals surface area contributed by atoms with E-state index in [-0.39, 0.29) is 23.5 Å². The highest BCUT2D eigenvalue weighted by atomic mass is 16.5. The third kappa shape index (κ3) is 3.40. The maximum atomic E-state index is 11.9. The molecule has 0 saturated heterocycles. The molecule has 0 radical (unpaired) electrons. The quantitative estimate of drug-likeness (QED) is 0.570. The van der Waals surface area contributed by atoms with Gasteiger partial charge in [0.25, 0.3) is 0 Å². The van der Waals surface area contributed by atoms with Crippen LogP contribution in [0, 0.1) is 0 Å². The largest absolute Gasteiger partial charge is 0.511 e. The Morgan fingerprint density at radius 2 is 1.89 bits per heavy atom. The smallest absolute Gasteiger partial charge is 0.190 e. The molecule has 19 heavy (non-hydrogen) atoms. The summed E-state index contributed by atoms with van der Waals surface area (Å²) >= 11 is 0. The van der Waals surface area contributed by atoms with Crippen molar-refractivity contribution in [3.8, 4) is 0 Å². The van der Waals surface area contributed by atoms with Crippen LogP contribution >= 0.6 is 0 Å². The molecule has 3 N–H and O–H groups in total. The molecular weight excluding hydrogens is 244 g/mol. The van der Waals surface area contributed by atoms with Crippen LogP contribution in [0.4, 0.5) is 0 Å². The van der Waals surface area contributed by atoms with Crippen molar-refractivity contribution < 1.29 is 20.1 Å². The van der Waals surface area contributed by atoms with Crippen molar-refractivity contribution in [2.75, 3.05) is 0 Å². The van der Waals surface area contributed by atoms with Gasteiger partial charge in [-0.25, -0.2) is 0 Å². The number of aliphatic hydroxyl groups is 3. The van der Waals surface area contributed by atoms with E-state index >= 15 is 0 Å². The lowest BCUT2D eigenvalue weighted by Crippen LogP contribution is -2.29. The van der Waals surface area contributed by atoms with Gasteiger partial charge in [-0.1, -0.05) is 36.4 Å². The first kappa shape index (κ1) is 13.3. The molecule has 1 aliphatic rings. The second kappa shape index (κ2) is 5.22. The highest BCUT2D eigenvalue weighted by molar-refractivity contribution is 6.08. The minimum atomic E-state index is -2.09. The van der Waals surface area contributed by atoms with Crippen LogP contribution in [-0.4, -0.2) is 26.9 Å². The zero-order chi connectivity index (χ0) is 13.9. The summed E-state index contributed by atoms with van der Waals surface area (Å²) in [5.74, 6) is -2.79. The van der Waals surface area contributed by atoms with E-state index in [9.17, 15) is 20.1 Å². The standard InChI is InChI=1S/C15H14O4/c16-13(7-6-11-4-2-1-3-5-11)12-8-9-15(18,19)10-14(12)17/h1-9,17-19H,10H2. The molecule has 0 spiro atoms. The molecule has 98 valence electrons. The minimum Gasteiger partial charge on any atom is -0.511 e. The summed E-state index contributed by atoms with van der Waals surface area (Å²) < 4.78 is 0. The lowest BCUT2D eigenvalue weighted by molar-refractivity contribution is -0.123. The first-order valence-corrected chi connectivity index (χ1v) is 5.81. The number of carbonyl (C=O) groups excluding carboxylic acids is 1. The van der Waals surface area contributed by atoms with E-state index < -0.39 is 5.79 Å². The lowest BCUT2D eigenvalue weighted by Gasteiger charge is -2.21. The minimum absolute atomic E-state index is 0.0749. The Labute approximate surface area is 110 Å². The van der Waals surface area contributed by atoms with Crippen LogP contribution in [0.5, 0.6) is 0 Å². The van der Waals surface area contributed by atoms with Gasteiger partial charge in [0.15, 0.2) is 11.6 Å². The zero-order valence-corrected chi connectivity index (χ0v) is 10.2. The highest BCUT2D eigenvalue weighted by Gasteiger charge is 2.28. The number of allylic oxidation sites excluding steroid dienone is 3. The van der Waals surface area contributed by atoms with Crippen LogP contribution in [0.1, 0.15) is 12.0 Å². The molecule has 4 nitrogen and oxygen atoms in total. The van der Waals surface area contributed by atoms with Gasteiger partial charge in [-0.15, -0.1) is 0 Å². The molecule has 0 bridgehead atoms. The average Bonchev–Trinajstić information content (AvgIpc) is 2.36. The molecule has 0 saturated carbocycles. The van der Waals surface area contributed by atoms with Crippen LogP contribution in [0.3, 0.4) is 0 Å². The van der Waals surface area contributed by atoms with Gasteiger partial charge in [-0.2, -0.15) is 0 Å². The summed E-state index contributed by atoms with van der Waals surface area (Å²) in [5.41, 5.74) is 0.945. The lowest BCUT2D eigenvalue weighted by atomic mass is 9.97. The second-order valence-corrected chi connectivity index (χ2v) is 4.36. The molecule has 0 heterocycles. The Hall–Kier alpha value is -2.17. The number of hydrogen-bond acceptors (Lipinski definition) is 4. The molecular formula is C15H14O4. The molecule has 1 aliphatic carbocycles. The topological polar surface area (TPSA) is 77.8 Å². The number of carbonyl (C=O) groups is 1. The van der Waals surface area contributed by atoms with Crippen molar-refractivity contribution in [3.63, 3.8) is 0 Å². The summed E-state index contributed by atoms with van der Waals surface area (Å²) in [6.45, 7) is 0.